The molecule has 0 fully saturated rings. The van der Waals surface area contributed by atoms with Crippen molar-refractivity contribution < 1.29 is 0 Å². The first-order valence-electron chi connectivity index (χ1n) is 6.84. The molecule has 96 valence electrons. The van der Waals surface area contributed by atoms with Gasteiger partial charge in [-0.3, -0.25) is 0 Å². The highest BCUT2D eigenvalue weighted by molar-refractivity contribution is 5.27. The molecule has 0 aromatic heterocycles. The summed E-state index contributed by atoms with van der Waals surface area (Å²) in [6, 6.07) is 9.11. The third-order valence-electron chi connectivity index (χ3n) is 3.35. The van der Waals surface area contributed by atoms with Gasteiger partial charge in [-0.15, -0.1) is 0 Å². The standard InChI is InChI=1S/C16H27N/c1-12(2)11-16(9-10-17)15-7-5-14(6-8-15)13(3)4/h5-8,12-13,16H,9-11,17H2,1-4H3. The van der Waals surface area contributed by atoms with Crippen molar-refractivity contribution in [1.82, 2.24) is 0 Å². The summed E-state index contributed by atoms with van der Waals surface area (Å²) >= 11 is 0. The van der Waals surface area contributed by atoms with Gasteiger partial charge < -0.3 is 5.73 Å². The van der Waals surface area contributed by atoms with Crippen LogP contribution in [0.3, 0.4) is 0 Å². The van der Waals surface area contributed by atoms with Gasteiger partial charge in [-0.05, 0) is 48.3 Å². The summed E-state index contributed by atoms with van der Waals surface area (Å²) in [5.74, 6) is 1.97. The van der Waals surface area contributed by atoms with Crippen molar-refractivity contribution in [3.63, 3.8) is 0 Å². The van der Waals surface area contributed by atoms with E-state index < -0.39 is 0 Å². The van der Waals surface area contributed by atoms with Crippen LogP contribution in [0.5, 0.6) is 0 Å². The van der Waals surface area contributed by atoms with Gasteiger partial charge in [0.25, 0.3) is 0 Å². The van der Waals surface area contributed by atoms with Crippen LogP contribution in [0, 0.1) is 5.92 Å². The van der Waals surface area contributed by atoms with E-state index in [-0.39, 0.29) is 0 Å². The Balaban J connectivity index is 2.79. The topological polar surface area (TPSA) is 26.0 Å². The van der Waals surface area contributed by atoms with Crippen LogP contribution in [0.15, 0.2) is 24.3 Å². The molecule has 1 nitrogen and oxygen atoms in total. The molecule has 0 heterocycles. The summed E-state index contributed by atoms with van der Waals surface area (Å²) in [5, 5.41) is 0. The molecule has 2 N–H and O–H groups in total. The van der Waals surface area contributed by atoms with E-state index in [9.17, 15) is 0 Å². The van der Waals surface area contributed by atoms with Gasteiger partial charge in [0.15, 0.2) is 0 Å². The second kappa shape index (κ2) is 6.80. The third-order valence-corrected chi connectivity index (χ3v) is 3.35. The third kappa shape index (κ3) is 4.51. The molecule has 0 aliphatic rings. The fourth-order valence-electron chi connectivity index (χ4n) is 2.34. The van der Waals surface area contributed by atoms with Gasteiger partial charge in [-0.1, -0.05) is 52.0 Å². The second-order valence-corrected chi connectivity index (χ2v) is 5.73. The SMILES string of the molecule is CC(C)CC(CCN)c1ccc(C(C)C)cc1. The summed E-state index contributed by atoms with van der Waals surface area (Å²) in [6.07, 6.45) is 2.33. The molecular formula is C16H27N. The summed E-state index contributed by atoms with van der Waals surface area (Å²) in [4.78, 5) is 0. The normalized spacial score (nSPS) is 13.4. The van der Waals surface area contributed by atoms with Crippen molar-refractivity contribution in [2.24, 2.45) is 11.7 Å². The van der Waals surface area contributed by atoms with E-state index in [0.29, 0.717) is 11.8 Å². The zero-order valence-corrected chi connectivity index (χ0v) is 11.7. The van der Waals surface area contributed by atoms with Crippen LogP contribution in [0.25, 0.3) is 0 Å². The molecule has 0 bridgehead atoms. The minimum Gasteiger partial charge on any atom is -0.330 e. The van der Waals surface area contributed by atoms with Crippen LogP contribution in [-0.4, -0.2) is 6.54 Å². The first-order chi connectivity index (χ1) is 8.04. The molecule has 0 saturated heterocycles. The Morgan fingerprint density at radius 1 is 0.941 bits per heavy atom. The molecule has 1 aromatic carbocycles. The van der Waals surface area contributed by atoms with E-state index >= 15 is 0 Å². The van der Waals surface area contributed by atoms with E-state index in [2.05, 4.69) is 52.0 Å². The van der Waals surface area contributed by atoms with Crippen molar-refractivity contribution in [2.75, 3.05) is 6.54 Å². The second-order valence-electron chi connectivity index (χ2n) is 5.73. The predicted octanol–water partition coefficient (Wildman–Crippen LogP) is 4.29. The molecule has 1 atom stereocenters. The lowest BCUT2D eigenvalue weighted by atomic mass is 9.87. The molecule has 0 radical (unpaired) electrons. The number of hydrogen-bond acceptors (Lipinski definition) is 1. The largest absolute Gasteiger partial charge is 0.330 e. The molecule has 1 unspecified atom stereocenters. The van der Waals surface area contributed by atoms with E-state index in [1.165, 1.54) is 17.5 Å². The van der Waals surface area contributed by atoms with E-state index in [0.717, 1.165) is 18.9 Å². The van der Waals surface area contributed by atoms with Crippen LogP contribution < -0.4 is 5.73 Å². The van der Waals surface area contributed by atoms with Gasteiger partial charge in [-0.2, -0.15) is 0 Å². The molecule has 1 rings (SSSR count). The molecule has 0 spiro atoms. The number of hydrogen-bond donors (Lipinski definition) is 1. The zero-order valence-electron chi connectivity index (χ0n) is 11.7. The summed E-state index contributed by atoms with van der Waals surface area (Å²) in [5.41, 5.74) is 8.59. The van der Waals surface area contributed by atoms with Gasteiger partial charge in [0.2, 0.25) is 0 Å². The van der Waals surface area contributed by atoms with Crippen LogP contribution in [0.4, 0.5) is 0 Å². The first kappa shape index (κ1) is 14.2. The Morgan fingerprint density at radius 3 is 1.88 bits per heavy atom. The van der Waals surface area contributed by atoms with Gasteiger partial charge in [-0.25, -0.2) is 0 Å². The van der Waals surface area contributed by atoms with Crippen molar-refractivity contribution >= 4 is 0 Å². The molecule has 0 aliphatic carbocycles. The van der Waals surface area contributed by atoms with Gasteiger partial charge >= 0.3 is 0 Å². The highest BCUT2D eigenvalue weighted by atomic mass is 14.5. The van der Waals surface area contributed by atoms with Crippen LogP contribution in [0.2, 0.25) is 0 Å². The van der Waals surface area contributed by atoms with Crippen LogP contribution in [0.1, 0.15) is 63.5 Å². The average molecular weight is 233 g/mol. The zero-order chi connectivity index (χ0) is 12.8. The minimum atomic E-state index is 0.613. The van der Waals surface area contributed by atoms with Crippen LogP contribution >= 0.6 is 0 Å². The molecule has 1 aromatic rings. The molecule has 0 aliphatic heterocycles. The Kier molecular flexibility index (Phi) is 5.70. The molecule has 17 heavy (non-hydrogen) atoms. The van der Waals surface area contributed by atoms with Gasteiger partial charge in [0, 0.05) is 0 Å². The Bertz CT molecular complexity index is 311. The van der Waals surface area contributed by atoms with Crippen molar-refractivity contribution in [3.05, 3.63) is 35.4 Å². The molecule has 1 heteroatoms. The molecule has 0 amide bonds. The first-order valence-corrected chi connectivity index (χ1v) is 6.84. The van der Waals surface area contributed by atoms with Gasteiger partial charge in [0.1, 0.15) is 0 Å². The van der Waals surface area contributed by atoms with Crippen molar-refractivity contribution in [3.8, 4) is 0 Å². The maximum atomic E-state index is 5.72. The summed E-state index contributed by atoms with van der Waals surface area (Å²) in [6.45, 7) is 9.82. The summed E-state index contributed by atoms with van der Waals surface area (Å²) in [7, 11) is 0. The van der Waals surface area contributed by atoms with E-state index in [1.807, 2.05) is 0 Å². The quantitative estimate of drug-likeness (QED) is 0.779. The molecule has 0 saturated carbocycles. The highest BCUT2D eigenvalue weighted by Crippen LogP contribution is 2.27. The lowest BCUT2D eigenvalue weighted by Gasteiger charge is -2.19. The van der Waals surface area contributed by atoms with Crippen molar-refractivity contribution in [1.29, 1.82) is 0 Å². The average Bonchev–Trinajstić information content (AvgIpc) is 2.28. The number of rotatable bonds is 6. The fourth-order valence-corrected chi connectivity index (χ4v) is 2.34. The smallest absolute Gasteiger partial charge is 0.00714 e. The highest BCUT2D eigenvalue weighted by Gasteiger charge is 2.12. The summed E-state index contributed by atoms with van der Waals surface area (Å²) < 4.78 is 0. The fraction of sp³-hybridized carbons (Fsp3) is 0.625. The van der Waals surface area contributed by atoms with E-state index in [1.54, 1.807) is 0 Å². The number of benzene rings is 1. The predicted molar refractivity (Wildman–Crippen MR) is 76.4 cm³/mol. The lowest BCUT2D eigenvalue weighted by Crippen LogP contribution is -2.10. The number of nitrogens with two attached hydrogens (primary N) is 1. The lowest BCUT2D eigenvalue weighted by molar-refractivity contribution is 0.480. The maximum Gasteiger partial charge on any atom is -0.00714 e. The van der Waals surface area contributed by atoms with Gasteiger partial charge in [0.05, 0.1) is 0 Å². The Labute approximate surface area is 106 Å². The monoisotopic (exact) mass is 233 g/mol. The van der Waals surface area contributed by atoms with E-state index in [4.69, 9.17) is 5.73 Å². The van der Waals surface area contributed by atoms with Crippen molar-refractivity contribution in [2.45, 2.75) is 52.4 Å². The molecular weight excluding hydrogens is 206 g/mol. The van der Waals surface area contributed by atoms with Crippen LogP contribution in [-0.2, 0) is 0 Å². The maximum absolute atomic E-state index is 5.72. The Morgan fingerprint density at radius 2 is 1.47 bits per heavy atom. The minimum absolute atomic E-state index is 0.613. The Hall–Kier alpha value is -0.820.